The Morgan fingerprint density at radius 1 is 1.64 bits per heavy atom. The van der Waals surface area contributed by atoms with Gasteiger partial charge in [-0.25, -0.2) is 4.99 Å². The predicted octanol–water partition coefficient (Wildman–Crippen LogP) is 1.66. The van der Waals surface area contributed by atoms with Crippen molar-refractivity contribution in [2.75, 3.05) is 14.2 Å². The van der Waals surface area contributed by atoms with Gasteiger partial charge in [-0.1, -0.05) is 6.92 Å². The second-order valence-electron chi connectivity index (χ2n) is 1.92. The van der Waals surface area contributed by atoms with Gasteiger partial charge < -0.3 is 4.74 Å². The van der Waals surface area contributed by atoms with Crippen molar-refractivity contribution in [3.8, 4) is 0 Å². The molecule has 0 aliphatic rings. The van der Waals surface area contributed by atoms with Gasteiger partial charge >= 0.3 is 0 Å². The smallest absolute Gasteiger partial charge is 0.205 e. The Hall–Kier alpha value is -1.12. The first-order chi connectivity index (χ1) is 5.24. The molecule has 0 saturated heterocycles. The summed E-state index contributed by atoms with van der Waals surface area (Å²) in [5.74, 6) is 0.402. The Labute approximate surface area is 67.5 Å². The molecule has 0 aromatic rings. The molecular formula is C8H14N2O. The van der Waals surface area contributed by atoms with E-state index in [1.165, 1.54) is 7.11 Å². The number of hydrogen-bond acceptors (Lipinski definition) is 3. The molecule has 0 radical (unpaired) electrons. The highest BCUT2D eigenvalue weighted by Gasteiger charge is 1.88. The topological polar surface area (TPSA) is 34.0 Å². The minimum absolute atomic E-state index is 0.402. The number of aliphatic imine (C=N–C) groups is 2. The SMILES string of the molecule is C=C(/N=C\C(CC)=N/C)OC. The maximum Gasteiger partial charge on any atom is 0.205 e. The van der Waals surface area contributed by atoms with Gasteiger partial charge in [0.1, 0.15) is 0 Å². The van der Waals surface area contributed by atoms with Gasteiger partial charge in [0.05, 0.1) is 19.0 Å². The van der Waals surface area contributed by atoms with Gasteiger partial charge in [0.15, 0.2) is 0 Å². The second kappa shape index (κ2) is 5.65. The number of methoxy groups -OCH3 is 1. The summed E-state index contributed by atoms with van der Waals surface area (Å²) in [5.41, 5.74) is 0.934. The normalized spacial score (nSPS) is 12.1. The van der Waals surface area contributed by atoms with E-state index in [-0.39, 0.29) is 0 Å². The van der Waals surface area contributed by atoms with Crippen LogP contribution >= 0.6 is 0 Å². The van der Waals surface area contributed by atoms with Crippen LogP contribution in [0.2, 0.25) is 0 Å². The van der Waals surface area contributed by atoms with Gasteiger partial charge in [0, 0.05) is 7.05 Å². The summed E-state index contributed by atoms with van der Waals surface area (Å²) >= 11 is 0. The van der Waals surface area contributed by atoms with Crippen LogP contribution in [-0.2, 0) is 4.74 Å². The fourth-order valence-corrected chi connectivity index (χ4v) is 0.506. The van der Waals surface area contributed by atoms with E-state index < -0.39 is 0 Å². The molecule has 0 N–H and O–H groups in total. The summed E-state index contributed by atoms with van der Waals surface area (Å²) < 4.78 is 4.74. The average molecular weight is 154 g/mol. The summed E-state index contributed by atoms with van der Waals surface area (Å²) in [4.78, 5) is 7.90. The van der Waals surface area contributed by atoms with E-state index in [9.17, 15) is 0 Å². The lowest BCUT2D eigenvalue weighted by atomic mass is 10.3. The molecule has 3 heteroatoms. The van der Waals surface area contributed by atoms with Crippen LogP contribution < -0.4 is 0 Å². The Morgan fingerprint density at radius 2 is 2.27 bits per heavy atom. The number of nitrogens with zero attached hydrogens (tertiary/aromatic N) is 2. The molecule has 0 atom stereocenters. The van der Waals surface area contributed by atoms with Crippen molar-refractivity contribution in [3.05, 3.63) is 12.5 Å². The minimum atomic E-state index is 0.402. The molecule has 0 aromatic heterocycles. The van der Waals surface area contributed by atoms with Gasteiger partial charge in [-0.15, -0.1) is 0 Å². The van der Waals surface area contributed by atoms with Crippen LogP contribution in [0.1, 0.15) is 13.3 Å². The molecule has 0 aliphatic carbocycles. The van der Waals surface area contributed by atoms with Crippen LogP contribution in [-0.4, -0.2) is 26.1 Å². The van der Waals surface area contributed by atoms with Crippen LogP contribution in [0.15, 0.2) is 22.4 Å². The molecule has 0 amide bonds. The first kappa shape index (κ1) is 9.88. The molecule has 0 spiro atoms. The first-order valence-electron chi connectivity index (χ1n) is 3.47. The molecule has 3 nitrogen and oxygen atoms in total. The molecule has 0 fully saturated rings. The molecule has 0 rings (SSSR count). The Morgan fingerprint density at radius 3 is 2.64 bits per heavy atom. The van der Waals surface area contributed by atoms with Crippen LogP contribution in [0.3, 0.4) is 0 Å². The average Bonchev–Trinajstić information content (AvgIpc) is 2.06. The van der Waals surface area contributed by atoms with E-state index in [1.807, 2.05) is 6.92 Å². The molecule has 0 aromatic carbocycles. The molecule has 11 heavy (non-hydrogen) atoms. The summed E-state index contributed by atoms with van der Waals surface area (Å²) in [7, 11) is 3.27. The van der Waals surface area contributed by atoms with Crippen molar-refractivity contribution in [3.63, 3.8) is 0 Å². The van der Waals surface area contributed by atoms with E-state index in [0.717, 1.165) is 12.1 Å². The van der Waals surface area contributed by atoms with Gasteiger partial charge in [0.2, 0.25) is 5.88 Å². The van der Waals surface area contributed by atoms with Crippen LogP contribution in [0.25, 0.3) is 0 Å². The lowest BCUT2D eigenvalue weighted by Crippen LogP contribution is -1.97. The van der Waals surface area contributed by atoms with Gasteiger partial charge in [-0.05, 0) is 13.0 Å². The van der Waals surface area contributed by atoms with Crippen molar-refractivity contribution >= 4 is 11.9 Å². The second-order valence-corrected chi connectivity index (χ2v) is 1.92. The maximum atomic E-state index is 4.74. The number of rotatable bonds is 4. The van der Waals surface area contributed by atoms with Crippen molar-refractivity contribution < 1.29 is 4.74 Å². The van der Waals surface area contributed by atoms with Crippen LogP contribution in [0.4, 0.5) is 0 Å². The number of hydrogen-bond donors (Lipinski definition) is 0. The quantitative estimate of drug-likeness (QED) is 0.448. The Balaban J connectivity index is 4.00. The third-order valence-electron chi connectivity index (χ3n) is 1.24. The van der Waals surface area contributed by atoms with E-state index >= 15 is 0 Å². The fourth-order valence-electron chi connectivity index (χ4n) is 0.506. The largest absolute Gasteiger partial charge is 0.481 e. The molecule has 0 heterocycles. The highest BCUT2D eigenvalue weighted by atomic mass is 16.5. The van der Waals surface area contributed by atoms with Crippen molar-refractivity contribution in [1.82, 2.24) is 0 Å². The Kier molecular flexibility index (Phi) is 5.07. The van der Waals surface area contributed by atoms with E-state index in [0.29, 0.717) is 5.88 Å². The molecular weight excluding hydrogens is 140 g/mol. The Bertz CT molecular complexity index is 183. The maximum absolute atomic E-state index is 4.74. The van der Waals surface area contributed by atoms with E-state index in [4.69, 9.17) is 4.74 Å². The van der Waals surface area contributed by atoms with Gasteiger partial charge in [-0.3, -0.25) is 4.99 Å². The molecule has 0 bridgehead atoms. The molecule has 0 saturated carbocycles. The lowest BCUT2D eigenvalue weighted by molar-refractivity contribution is 0.291. The van der Waals surface area contributed by atoms with Gasteiger partial charge in [-0.2, -0.15) is 0 Å². The van der Waals surface area contributed by atoms with Crippen LogP contribution in [0, 0.1) is 0 Å². The molecule has 0 aliphatic heterocycles. The summed E-state index contributed by atoms with van der Waals surface area (Å²) in [6.45, 7) is 5.56. The lowest BCUT2D eigenvalue weighted by Gasteiger charge is -1.95. The predicted molar refractivity (Wildman–Crippen MR) is 48.3 cm³/mol. The highest BCUT2D eigenvalue weighted by molar-refractivity contribution is 6.30. The third kappa shape index (κ3) is 4.31. The molecule has 62 valence electrons. The monoisotopic (exact) mass is 154 g/mol. The molecule has 0 unspecified atom stereocenters. The zero-order valence-corrected chi connectivity index (χ0v) is 7.29. The third-order valence-corrected chi connectivity index (χ3v) is 1.24. The van der Waals surface area contributed by atoms with Gasteiger partial charge in [0.25, 0.3) is 0 Å². The first-order valence-corrected chi connectivity index (χ1v) is 3.47. The number of ether oxygens (including phenoxy) is 1. The van der Waals surface area contributed by atoms with Crippen molar-refractivity contribution in [2.45, 2.75) is 13.3 Å². The van der Waals surface area contributed by atoms with Crippen LogP contribution in [0.5, 0.6) is 0 Å². The van der Waals surface area contributed by atoms with E-state index in [1.54, 1.807) is 13.3 Å². The van der Waals surface area contributed by atoms with Crippen molar-refractivity contribution in [1.29, 1.82) is 0 Å². The summed E-state index contributed by atoms with van der Waals surface area (Å²) in [6.07, 6.45) is 2.53. The summed E-state index contributed by atoms with van der Waals surface area (Å²) in [5, 5.41) is 0. The highest BCUT2D eigenvalue weighted by Crippen LogP contribution is 1.91. The zero-order valence-electron chi connectivity index (χ0n) is 7.29. The fraction of sp³-hybridized carbons (Fsp3) is 0.500. The standard InChI is InChI=1S/C8H14N2O/c1-5-8(9-3)6-10-7(2)11-4/h6H,2,5H2,1,3-4H3/b9-8-,10-6-. The van der Waals surface area contributed by atoms with Crippen molar-refractivity contribution in [2.24, 2.45) is 9.98 Å². The minimum Gasteiger partial charge on any atom is -0.481 e. The summed E-state index contributed by atoms with van der Waals surface area (Å²) in [6, 6.07) is 0. The van der Waals surface area contributed by atoms with E-state index in [2.05, 4.69) is 16.6 Å². The zero-order chi connectivity index (χ0) is 8.69.